The van der Waals surface area contributed by atoms with Gasteiger partial charge in [0, 0.05) is 19.3 Å². The molecule has 0 aliphatic carbocycles. The number of carbonyl (C=O) groups is 3. The lowest BCUT2D eigenvalue weighted by Crippen LogP contribution is -2.30. The lowest BCUT2D eigenvalue weighted by atomic mass is 10.0. The van der Waals surface area contributed by atoms with E-state index in [1.807, 2.05) is 0 Å². The highest BCUT2D eigenvalue weighted by atomic mass is 16.6. The molecule has 1 atom stereocenters. The van der Waals surface area contributed by atoms with Crippen molar-refractivity contribution in [1.82, 2.24) is 0 Å². The summed E-state index contributed by atoms with van der Waals surface area (Å²) in [7, 11) is 0. The standard InChI is InChI=1S/C54H104O6/c1-5-7-9-11-13-15-16-17-18-19-20-23-26-30-34-38-42-46-53(56)59-49-51(48-58-52(55)45-41-37-33-28-14-12-10-8-6-2)60-54(57)47-43-39-35-31-27-24-21-22-25-29-32-36-40-44-50(3)4/h50-51H,5-49H2,1-4H3/t51-/m1/s1. The number of hydrogen-bond acceptors (Lipinski definition) is 6. The van der Waals surface area contributed by atoms with E-state index in [9.17, 15) is 14.4 Å². The molecular formula is C54H104O6. The van der Waals surface area contributed by atoms with Crippen LogP contribution >= 0.6 is 0 Å². The van der Waals surface area contributed by atoms with Crippen LogP contribution in [0, 0.1) is 5.92 Å². The number of rotatable bonds is 49. The van der Waals surface area contributed by atoms with Crippen molar-refractivity contribution in [1.29, 1.82) is 0 Å². The van der Waals surface area contributed by atoms with Gasteiger partial charge in [-0.05, 0) is 25.2 Å². The molecule has 0 radical (unpaired) electrons. The molecule has 0 bridgehead atoms. The quantitative estimate of drug-likeness (QED) is 0.0345. The highest BCUT2D eigenvalue weighted by Gasteiger charge is 2.19. The fraction of sp³-hybridized carbons (Fsp3) is 0.944. The molecule has 356 valence electrons. The molecule has 0 rings (SSSR count). The molecular weight excluding hydrogens is 745 g/mol. The van der Waals surface area contributed by atoms with Gasteiger partial charge in [-0.1, -0.05) is 265 Å². The topological polar surface area (TPSA) is 78.9 Å². The third-order valence-corrected chi connectivity index (χ3v) is 12.3. The minimum absolute atomic E-state index is 0.0625. The molecule has 6 heteroatoms. The highest BCUT2D eigenvalue weighted by Crippen LogP contribution is 2.17. The van der Waals surface area contributed by atoms with Crippen molar-refractivity contribution in [3.8, 4) is 0 Å². The second-order valence-corrected chi connectivity index (χ2v) is 19.0. The van der Waals surface area contributed by atoms with Gasteiger partial charge in [0.2, 0.25) is 0 Å². The summed E-state index contributed by atoms with van der Waals surface area (Å²) in [5.41, 5.74) is 0. The lowest BCUT2D eigenvalue weighted by Gasteiger charge is -2.18. The Labute approximate surface area is 374 Å². The zero-order valence-electron chi connectivity index (χ0n) is 40.9. The molecule has 0 fully saturated rings. The van der Waals surface area contributed by atoms with E-state index >= 15 is 0 Å². The van der Waals surface area contributed by atoms with Crippen LogP contribution in [-0.2, 0) is 28.6 Å². The predicted octanol–water partition coefficient (Wildman–Crippen LogP) is 17.5. The Balaban J connectivity index is 4.24. The number of esters is 3. The van der Waals surface area contributed by atoms with Crippen molar-refractivity contribution in [2.75, 3.05) is 13.2 Å². The summed E-state index contributed by atoms with van der Waals surface area (Å²) >= 11 is 0. The highest BCUT2D eigenvalue weighted by molar-refractivity contribution is 5.71. The van der Waals surface area contributed by atoms with Gasteiger partial charge in [0.15, 0.2) is 6.10 Å². The molecule has 0 aromatic carbocycles. The summed E-state index contributed by atoms with van der Waals surface area (Å²) in [6.45, 7) is 9.03. The van der Waals surface area contributed by atoms with Gasteiger partial charge < -0.3 is 14.2 Å². The summed E-state index contributed by atoms with van der Waals surface area (Å²) < 4.78 is 16.8. The summed E-state index contributed by atoms with van der Waals surface area (Å²) in [5, 5.41) is 0. The van der Waals surface area contributed by atoms with Crippen LogP contribution < -0.4 is 0 Å². The summed E-state index contributed by atoms with van der Waals surface area (Å²) in [6.07, 6.45) is 50.9. The van der Waals surface area contributed by atoms with E-state index in [-0.39, 0.29) is 31.1 Å². The zero-order chi connectivity index (χ0) is 43.8. The fourth-order valence-corrected chi connectivity index (χ4v) is 8.22. The molecule has 0 N–H and O–H groups in total. The van der Waals surface area contributed by atoms with Crippen molar-refractivity contribution < 1.29 is 28.6 Å². The lowest BCUT2D eigenvalue weighted by molar-refractivity contribution is -0.167. The maximum Gasteiger partial charge on any atom is 0.306 e. The molecule has 0 saturated heterocycles. The maximum atomic E-state index is 12.8. The third-order valence-electron chi connectivity index (χ3n) is 12.3. The smallest absolute Gasteiger partial charge is 0.306 e. The fourth-order valence-electron chi connectivity index (χ4n) is 8.22. The predicted molar refractivity (Wildman–Crippen MR) is 257 cm³/mol. The first kappa shape index (κ1) is 58.4. The molecule has 0 spiro atoms. The van der Waals surface area contributed by atoms with Crippen molar-refractivity contribution in [2.24, 2.45) is 5.92 Å². The largest absolute Gasteiger partial charge is 0.462 e. The van der Waals surface area contributed by atoms with E-state index in [0.29, 0.717) is 19.3 Å². The molecule has 0 aliphatic rings. The van der Waals surface area contributed by atoms with Crippen LogP contribution in [0.1, 0.15) is 304 Å². The van der Waals surface area contributed by atoms with Gasteiger partial charge in [-0.25, -0.2) is 0 Å². The molecule has 0 aliphatic heterocycles. The van der Waals surface area contributed by atoms with Gasteiger partial charge in [0.05, 0.1) is 0 Å². The zero-order valence-corrected chi connectivity index (χ0v) is 40.9. The minimum Gasteiger partial charge on any atom is -0.462 e. The van der Waals surface area contributed by atoms with Crippen LogP contribution in [0.4, 0.5) is 0 Å². The number of hydrogen-bond donors (Lipinski definition) is 0. The van der Waals surface area contributed by atoms with E-state index in [1.165, 1.54) is 199 Å². The van der Waals surface area contributed by atoms with Crippen molar-refractivity contribution in [2.45, 2.75) is 310 Å². The van der Waals surface area contributed by atoms with E-state index in [4.69, 9.17) is 14.2 Å². The van der Waals surface area contributed by atoms with Crippen LogP contribution in [0.25, 0.3) is 0 Å². The van der Waals surface area contributed by atoms with Crippen LogP contribution in [0.3, 0.4) is 0 Å². The van der Waals surface area contributed by atoms with Gasteiger partial charge >= 0.3 is 17.9 Å². The second kappa shape index (κ2) is 48.4. The first-order valence-electron chi connectivity index (χ1n) is 26.9. The van der Waals surface area contributed by atoms with Gasteiger partial charge in [-0.2, -0.15) is 0 Å². The number of carbonyl (C=O) groups excluding carboxylic acids is 3. The van der Waals surface area contributed by atoms with Gasteiger partial charge in [-0.3, -0.25) is 14.4 Å². The molecule has 0 aromatic rings. The number of ether oxygens (including phenoxy) is 3. The Morgan fingerprint density at radius 2 is 0.550 bits per heavy atom. The van der Waals surface area contributed by atoms with Crippen molar-refractivity contribution >= 4 is 17.9 Å². The summed E-state index contributed by atoms with van der Waals surface area (Å²) in [6, 6.07) is 0. The molecule has 0 aromatic heterocycles. The van der Waals surface area contributed by atoms with E-state index in [1.54, 1.807) is 0 Å². The van der Waals surface area contributed by atoms with Crippen LogP contribution in [-0.4, -0.2) is 37.2 Å². The monoisotopic (exact) mass is 849 g/mol. The first-order valence-corrected chi connectivity index (χ1v) is 26.9. The maximum absolute atomic E-state index is 12.8. The Morgan fingerprint density at radius 3 is 0.817 bits per heavy atom. The number of unbranched alkanes of at least 4 members (excludes halogenated alkanes) is 36. The third kappa shape index (κ3) is 47.5. The molecule has 60 heavy (non-hydrogen) atoms. The van der Waals surface area contributed by atoms with Crippen LogP contribution in [0.5, 0.6) is 0 Å². The summed E-state index contributed by atoms with van der Waals surface area (Å²) in [4.78, 5) is 37.9. The average molecular weight is 849 g/mol. The molecule has 0 amide bonds. The van der Waals surface area contributed by atoms with Gasteiger partial charge in [0.25, 0.3) is 0 Å². The molecule has 0 heterocycles. The molecule has 6 nitrogen and oxygen atoms in total. The Hall–Kier alpha value is -1.59. The SMILES string of the molecule is CCCCCCCCCCCCCCCCCCCC(=O)OC[C@@H](COC(=O)CCCCCCCCCCC)OC(=O)CCCCCCCCCCCCCCCC(C)C. The van der Waals surface area contributed by atoms with E-state index in [0.717, 1.165) is 63.7 Å². The van der Waals surface area contributed by atoms with Crippen molar-refractivity contribution in [3.63, 3.8) is 0 Å². The van der Waals surface area contributed by atoms with Crippen LogP contribution in [0.15, 0.2) is 0 Å². The Bertz CT molecular complexity index is 903. The second-order valence-electron chi connectivity index (χ2n) is 19.0. The Morgan fingerprint density at radius 1 is 0.317 bits per heavy atom. The molecule has 0 unspecified atom stereocenters. The van der Waals surface area contributed by atoms with Gasteiger partial charge in [0.1, 0.15) is 13.2 Å². The van der Waals surface area contributed by atoms with Crippen molar-refractivity contribution in [3.05, 3.63) is 0 Å². The van der Waals surface area contributed by atoms with E-state index < -0.39 is 6.10 Å². The first-order chi connectivity index (χ1) is 29.4. The van der Waals surface area contributed by atoms with Gasteiger partial charge in [-0.15, -0.1) is 0 Å². The Kier molecular flexibility index (Phi) is 47.2. The average Bonchev–Trinajstić information content (AvgIpc) is 3.23. The van der Waals surface area contributed by atoms with Crippen LogP contribution in [0.2, 0.25) is 0 Å². The summed E-state index contributed by atoms with van der Waals surface area (Å²) in [5.74, 6) is -0.00586. The minimum atomic E-state index is -0.760. The van der Waals surface area contributed by atoms with E-state index in [2.05, 4.69) is 27.7 Å². The normalized spacial score (nSPS) is 11.9. The molecule has 0 saturated carbocycles.